The molecule has 0 saturated carbocycles. The average Bonchev–Trinajstić information content (AvgIpc) is 2.47. The van der Waals surface area contributed by atoms with Crippen LogP contribution in [0.1, 0.15) is 5.56 Å². The van der Waals surface area contributed by atoms with E-state index >= 15 is 0 Å². The van der Waals surface area contributed by atoms with E-state index in [4.69, 9.17) is 10.5 Å². The van der Waals surface area contributed by atoms with Crippen molar-refractivity contribution in [2.75, 3.05) is 5.73 Å². The largest absolute Gasteiger partial charge is 0.488 e. The minimum atomic E-state index is 0.502. The van der Waals surface area contributed by atoms with Crippen LogP contribution in [-0.2, 0) is 6.61 Å². The van der Waals surface area contributed by atoms with Gasteiger partial charge in [0.05, 0.1) is 0 Å². The molecule has 3 rings (SSSR count). The summed E-state index contributed by atoms with van der Waals surface area (Å²) in [6.45, 7) is 0.502. The summed E-state index contributed by atoms with van der Waals surface area (Å²) >= 11 is 0. The van der Waals surface area contributed by atoms with Gasteiger partial charge in [0.2, 0.25) is 0 Å². The van der Waals surface area contributed by atoms with Gasteiger partial charge in [-0.25, -0.2) is 0 Å². The highest BCUT2D eigenvalue weighted by Crippen LogP contribution is 2.29. The lowest BCUT2D eigenvalue weighted by Gasteiger charge is -2.10. The Morgan fingerprint density at radius 3 is 2.63 bits per heavy atom. The van der Waals surface area contributed by atoms with Crippen LogP contribution in [0, 0.1) is 0 Å². The summed E-state index contributed by atoms with van der Waals surface area (Å²) in [6, 6.07) is 15.7. The molecule has 2 N–H and O–H groups in total. The monoisotopic (exact) mass is 250 g/mol. The first-order valence-corrected chi connectivity index (χ1v) is 6.13. The third kappa shape index (κ3) is 2.36. The summed E-state index contributed by atoms with van der Waals surface area (Å²) in [5.41, 5.74) is 7.78. The molecule has 1 heterocycles. The summed E-state index contributed by atoms with van der Waals surface area (Å²) in [5, 5.41) is 2.05. The van der Waals surface area contributed by atoms with Gasteiger partial charge < -0.3 is 10.5 Å². The Bertz CT molecular complexity index is 695. The first-order chi connectivity index (χ1) is 9.34. The third-order valence-corrected chi connectivity index (χ3v) is 3.03. The Labute approximate surface area is 111 Å². The van der Waals surface area contributed by atoms with Crippen LogP contribution in [0.3, 0.4) is 0 Å². The Hall–Kier alpha value is -2.55. The van der Waals surface area contributed by atoms with E-state index < -0.39 is 0 Å². The van der Waals surface area contributed by atoms with E-state index in [9.17, 15) is 0 Å². The van der Waals surface area contributed by atoms with Crippen LogP contribution in [0.5, 0.6) is 5.75 Å². The second-order valence-corrected chi connectivity index (χ2v) is 4.35. The van der Waals surface area contributed by atoms with E-state index in [0.717, 1.165) is 27.8 Å². The topological polar surface area (TPSA) is 48.1 Å². The van der Waals surface area contributed by atoms with Gasteiger partial charge in [0.15, 0.2) is 0 Å². The number of hydrogen-bond acceptors (Lipinski definition) is 3. The molecule has 94 valence electrons. The number of aromatic nitrogens is 1. The molecule has 1 aromatic heterocycles. The molecule has 3 nitrogen and oxygen atoms in total. The smallest absolute Gasteiger partial charge is 0.127 e. The van der Waals surface area contributed by atoms with Crippen molar-refractivity contribution in [3.63, 3.8) is 0 Å². The van der Waals surface area contributed by atoms with Crippen LogP contribution in [0.2, 0.25) is 0 Å². The zero-order valence-corrected chi connectivity index (χ0v) is 10.4. The SMILES string of the molecule is Nc1cccc2c(OCc3cccnc3)cccc12. The summed E-state index contributed by atoms with van der Waals surface area (Å²) in [7, 11) is 0. The number of ether oxygens (including phenoxy) is 1. The number of rotatable bonds is 3. The molecule has 0 atom stereocenters. The van der Waals surface area contributed by atoms with Crippen molar-refractivity contribution in [1.29, 1.82) is 0 Å². The molecule has 0 aliphatic carbocycles. The number of nitrogens with zero attached hydrogens (tertiary/aromatic N) is 1. The second-order valence-electron chi connectivity index (χ2n) is 4.35. The molecule has 0 aliphatic heterocycles. The summed E-state index contributed by atoms with van der Waals surface area (Å²) in [4.78, 5) is 4.07. The zero-order chi connectivity index (χ0) is 13.1. The lowest BCUT2D eigenvalue weighted by atomic mass is 10.1. The molecule has 0 bridgehead atoms. The third-order valence-electron chi connectivity index (χ3n) is 3.03. The molecule has 0 radical (unpaired) electrons. The normalized spacial score (nSPS) is 10.5. The molecular weight excluding hydrogens is 236 g/mol. The molecular formula is C16H14N2O. The molecule has 0 spiro atoms. The van der Waals surface area contributed by atoms with Crippen molar-refractivity contribution in [3.8, 4) is 5.75 Å². The van der Waals surface area contributed by atoms with Crippen LogP contribution in [-0.4, -0.2) is 4.98 Å². The first kappa shape index (κ1) is 11.5. The predicted octanol–water partition coefficient (Wildman–Crippen LogP) is 3.40. The Morgan fingerprint density at radius 2 is 1.79 bits per heavy atom. The predicted molar refractivity (Wildman–Crippen MR) is 76.9 cm³/mol. The Balaban J connectivity index is 1.91. The highest BCUT2D eigenvalue weighted by Gasteiger charge is 2.04. The number of anilines is 1. The van der Waals surface area contributed by atoms with Gasteiger partial charge in [-0.15, -0.1) is 0 Å². The van der Waals surface area contributed by atoms with Crippen LogP contribution < -0.4 is 10.5 Å². The lowest BCUT2D eigenvalue weighted by molar-refractivity contribution is 0.309. The van der Waals surface area contributed by atoms with Gasteiger partial charge in [-0.3, -0.25) is 4.98 Å². The molecule has 0 fully saturated rings. The minimum absolute atomic E-state index is 0.502. The van der Waals surface area contributed by atoms with Crippen molar-refractivity contribution in [2.24, 2.45) is 0 Å². The van der Waals surface area contributed by atoms with Crippen molar-refractivity contribution in [2.45, 2.75) is 6.61 Å². The molecule has 0 amide bonds. The average molecular weight is 250 g/mol. The number of pyridine rings is 1. The van der Waals surface area contributed by atoms with Crippen molar-refractivity contribution < 1.29 is 4.74 Å². The van der Waals surface area contributed by atoms with Crippen molar-refractivity contribution >= 4 is 16.5 Å². The van der Waals surface area contributed by atoms with Crippen LogP contribution in [0.4, 0.5) is 5.69 Å². The van der Waals surface area contributed by atoms with E-state index in [2.05, 4.69) is 4.98 Å². The number of fused-ring (bicyclic) bond motifs is 1. The minimum Gasteiger partial charge on any atom is -0.488 e. The fourth-order valence-corrected chi connectivity index (χ4v) is 2.08. The van der Waals surface area contributed by atoms with E-state index in [1.807, 2.05) is 48.5 Å². The van der Waals surface area contributed by atoms with Gasteiger partial charge >= 0.3 is 0 Å². The Kier molecular flexibility index (Phi) is 3.02. The maximum atomic E-state index is 5.97. The molecule has 19 heavy (non-hydrogen) atoms. The van der Waals surface area contributed by atoms with Crippen molar-refractivity contribution in [3.05, 3.63) is 66.5 Å². The maximum absolute atomic E-state index is 5.97. The number of nitrogen functional groups attached to an aromatic ring is 1. The van der Waals surface area contributed by atoms with Gasteiger partial charge in [-0.1, -0.05) is 30.3 Å². The fraction of sp³-hybridized carbons (Fsp3) is 0.0625. The number of nitrogens with two attached hydrogens (primary N) is 1. The summed E-state index contributed by atoms with van der Waals surface area (Å²) in [5.74, 6) is 0.841. The summed E-state index contributed by atoms with van der Waals surface area (Å²) in [6.07, 6.45) is 3.56. The quantitative estimate of drug-likeness (QED) is 0.725. The maximum Gasteiger partial charge on any atom is 0.127 e. The van der Waals surface area contributed by atoms with E-state index in [1.165, 1.54) is 0 Å². The highest BCUT2D eigenvalue weighted by molar-refractivity contribution is 5.96. The highest BCUT2D eigenvalue weighted by atomic mass is 16.5. The molecule has 0 saturated heterocycles. The second kappa shape index (κ2) is 4.98. The fourth-order valence-electron chi connectivity index (χ4n) is 2.08. The van der Waals surface area contributed by atoms with Crippen LogP contribution in [0.15, 0.2) is 60.9 Å². The van der Waals surface area contributed by atoms with Gasteiger partial charge in [0.1, 0.15) is 12.4 Å². The molecule has 3 heteroatoms. The zero-order valence-electron chi connectivity index (χ0n) is 10.4. The first-order valence-electron chi connectivity index (χ1n) is 6.13. The van der Waals surface area contributed by atoms with Gasteiger partial charge in [0, 0.05) is 34.4 Å². The van der Waals surface area contributed by atoms with Crippen molar-refractivity contribution in [1.82, 2.24) is 4.98 Å². The molecule has 0 unspecified atom stereocenters. The Morgan fingerprint density at radius 1 is 0.947 bits per heavy atom. The van der Waals surface area contributed by atoms with Crippen LogP contribution >= 0.6 is 0 Å². The van der Waals surface area contributed by atoms with E-state index in [-0.39, 0.29) is 0 Å². The van der Waals surface area contributed by atoms with E-state index in [1.54, 1.807) is 12.4 Å². The van der Waals surface area contributed by atoms with Gasteiger partial charge in [0.25, 0.3) is 0 Å². The van der Waals surface area contributed by atoms with Gasteiger partial charge in [-0.05, 0) is 18.2 Å². The molecule has 0 aliphatic rings. The molecule has 2 aromatic carbocycles. The number of benzene rings is 2. The standard InChI is InChI=1S/C16H14N2O/c17-15-7-1-6-14-13(15)5-2-8-16(14)19-11-12-4-3-9-18-10-12/h1-10H,11,17H2. The van der Waals surface area contributed by atoms with Crippen LogP contribution in [0.25, 0.3) is 10.8 Å². The number of hydrogen-bond donors (Lipinski definition) is 1. The van der Waals surface area contributed by atoms with E-state index in [0.29, 0.717) is 6.61 Å². The lowest BCUT2D eigenvalue weighted by Crippen LogP contribution is -1.97. The van der Waals surface area contributed by atoms with Gasteiger partial charge in [-0.2, -0.15) is 0 Å². The molecule has 3 aromatic rings. The summed E-state index contributed by atoms with van der Waals surface area (Å²) < 4.78 is 5.86.